The molecule has 2 rings (SSSR count). The van der Waals surface area contributed by atoms with Gasteiger partial charge in [-0.1, -0.05) is 60.7 Å². The minimum atomic E-state index is -0.983. The van der Waals surface area contributed by atoms with E-state index in [1.54, 1.807) is 48.5 Å². The Labute approximate surface area is 155 Å². The molecule has 0 aliphatic carbocycles. The summed E-state index contributed by atoms with van der Waals surface area (Å²) in [6.45, 7) is -0.0318. The molecule has 4 amide bonds. The number of hydrogen-bond donors (Lipinski definition) is 2. The maximum absolute atomic E-state index is 11.6. The molecule has 8 heteroatoms. The normalized spacial score (nSPS) is 9.78. The molecule has 2 aromatic carbocycles. The van der Waals surface area contributed by atoms with Crippen molar-refractivity contribution < 1.29 is 28.7 Å². The molecule has 0 atom stereocenters. The lowest BCUT2D eigenvalue weighted by atomic mass is 10.2. The average Bonchev–Trinajstić information content (AvgIpc) is 2.66. The molecule has 2 aromatic rings. The molecule has 2 N–H and O–H groups in total. The van der Waals surface area contributed by atoms with Gasteiger partial charge in [-0.15, -0.1) is 0 Å². The minimum Gasteiger partial charge on any atom is -0.444 e. The summed E-state index contributed by atoms with van der Waals surface area (Å²) in [4.78, 5) is 46.2. The van der Waals surface area contributed by atoms with Gasteiger partial charge in [0.15, 0.2) is 0 Å². The standard InChI is InChI=1S/C19H18N2O6/c22-16(20-18(24)26-12-14-7-3-1-4-8-14)11-17(23)21-19(25)27-13-15-9-5-2-6-10-15/h1-10H,11-13H2,(H,20,22,24)(H,21,23,25). The molecule has 0 fully saturated rings. The Balaban J connectivity index is 1.64. The molecule has 0 unspecified atom stereocenters. The van der Waals surface area contributed by atoms with Gasteiger partial charge in [0.25, 0.3) is 0 Å². The van der Waals surface area contributed by atoms with E-state index in [0.717, 1.165) is 11.1 Å². The van der Waals surface area contributed by atoms with Gasteiger partial charge in [-0.25, -0.2) is 9.59 Å². The van der Waals surface area contributed by atoms with Crippen molar-refractivity contribution in [2.24, 2.45) is 0 Å². The monoisotopic (exact) mass is 370 g/mol. The lowest BCUT2D eigenvalue weighted by molar-refractivity contribution is -0.128. The molecule has 0 heterocycles. The van der Waals surface area contributed by atoms with E-state index in [9.17, 15) is 19.2 Å². The first-order valence-corrected chi connectivity index (χ1v) is 8.04. The highest BCUT2D eigenvalue weighted by atomic mass is 16.6. The maximum Gasteiger partial charge on any atom is 0.414 e. The van der Waals surface area contributed by atoms with Crippen LogP contribution in [0.25, 0.3) is 0 Å². The zero-order valence-corrected chi connectivity index (χ0v) is 14.3. The van der Waals surface area contributed by atoms with Crippen molar-refractivity contribution in [1.82, 2.24) is 10.6 Å². The summed E-state index contributed by atoms with van der Waals surface area (Å²) in [5.41, 5.74) is 1.50. The van der Waals surface area contributed by atoms with Crippen LogP contribution >= 0.6 is 0 Å². The summed E-state index contributed by atoms with van der Waals surface area (Å²) in [6.07, 6.45) is -2.69. The molecular formula is C19H18N2O6. The van der Waals surface area contributed by atoms with Crippen LogP contribution in [0.4, 0.5) is 9.59 Å². The van der Waals surface area contributed by atoms with Crippen molar-refractivity contribution in [2.45, 2.75) is 19.6 Å². The van der Waals surface area contributed by atoms with Crippen LogP contribution in [0.3, 0.4) is 0 Å². The van der Waals surface area contributed by atoms with E-state index in [0.29, 0.717) is 0 Å². The Kier molecular flexibility index (Phi) is 7.52. The van der Waals surface area contributed by atoms with Crippen LogP contribution in [0.1, 0.15) is 17.5 Å². The fourth-order valence-electron chi connectivity index (χ4n) is 1.98. The van der Waals surface area contributed by atoms with E-state index in [1.165, 1.54) is 0 Å². The van der Waals surface area contributed by atoms with E-state index < -0.39 is 30.4 Å². The fraction of sp³-hybridized carbons (Fsp3) is 0.158. The van der Waals surface area contributed by atoms with Crippen molar-refractivity contribution in [1.29, 1.82) is 0 Å². The summed E-state index contributed by atoms with van der Waals surface area (Å²) < 4.78 is 9.71. The molecule has 27 heavy (non-hydrogen) atoms. The van der Waals surface area contributed by atoms with Gasteiger partial charge in [0.1, 0.15) is 19.6 Å². The number of carbonyl (C=O) groups is 4. The Hall–Kier alpha value is -3.68. The molecule has 0 spiro atoms. The van der Waals surface area contributed by atoms with Crippen molar-refractivity contribution in [3.8, 4) is 0 Å². The predicted octanol–water partition coefficient (Wildman–Crippen LogP) is 2.28. The van der Waals surface area contributed by atoms with Crippen LogP contribution in [0, 0.1) is 0 Å². The van der Waals surface area contributed by atoms with E-state index in [2.05, 4.69) is 0 Å². The third kappa shape index (κ3) is 7.82. The minimum absolute atomic E-state index is 0.0159. The van der Waals surface area contributed by atoms with Gasteiger partial charge < -0.3 is 9.47 Å². The molecule has 0 saturated carbocycles. The molecule has 0 saturated heterocycles. The quantitative estimate of drug-likeness (QED) is 0.755. The second-order valence-electron chi connectivity index (χ2n) is 5.40. The van der Waals surface area contributed by atoms with Gasteiger partial charge in [-0.2, -0.15) is 0 Å². The molecule has 8 nitrogen and oxygen atoms in total. The molecule has 0 bridgehead atoms. The summed E-state index contributed by atoms with van der Waals surface area (Å²) in [5, 5.41) is 3.80. The average molecular weight is 370 g/mol. The number of nitrogens with one attached hydrogen (secondary N) is 2. The van der Waals surface area contributed by atoms with Crippen molar-refractivity contribution >= 4 is 24.0 Å². The number of ether oxygens (including phenoxy) is 2. The number of benzene rings is 2. The molecule has 0 aromatic heterocycles. The number of imide groups is 2. The number of alkyl carbamates (subject to hydrolysis) is 2. The number of rotatable bonds is 6. The highest BCUT2D eigenvalue weighted by Crippen LogP contribution is 2.01. The first-order valence-electron chi connectivity index (χ1n) is 8.04. The zero-order valence-electron chi connectivity index (χ0n) is 14.3. The van der Waals surface area contributed by atoms with Crippen LogP contribution in [-0.2, 0) is 32.3 Å². The third-order valence-electron chi connectivity index (χ3n) is 3.23. The fourth-order valence-corrected chi connectivity index (χ4v) is 1.98. The summed E-state index contributed by atoms with van der Waals surface area (Å²) >= 11 is 0. The molecule has 140 valence electrons. The summed E-state index contributed by atoms with van der Waals surface area (Å²) in [5.74, 6) is -1.80. The summed E-state index contributed by atoms with van der Waals surface area (Å²) in [7, 11) is 0. The Bertz CT molecular complexity index is 725. The number of amides is 4. The molecule has 0 aliphatic rings. The van der Waals surface area contributed by atoms with Crippen LogP contribution in [0.2, 0.25) is 0 Å². The SMILES string of the molecule is O=C(CC(=O)NC(=O)OCc1ccccc1)NC(=O)OCc1ccccc1. The van der Waals surface area contributed by atoms with Crippen LogP contribution < -0.4 is 10.6 Å². The smallest absolute Gasteiger partial charge is 0.414 e. The lowest BCUT2D eigenvalue weighted by Gasteiger charge is -2.07. The highest BCUT2D eigenvalue weighted by Gasteiger charge is 2.16. The van der Waals surface area contributed by atoms with Gasteiger partial charge in [0.2, 0.25) is 11.8 Å². The van der Waals surface area contributed by atoms with E-state index in [-0.39, 0.29) is 13.2 Å². The van der Waals surface area contributed by atoms with Gasteiger partial charge in [-0.05, 0) is 11.1 Å². The van der Waals surface area contributed by atoms with Crippen LogP contribution in [-0.4, -0.2) is 24.0 Å². The maximum atomic E-state index is 11.6. The predicted molar refractivity (Wildman–Crippen MR) is 94.2 cm³/mol. The number of carbonyl (C=O) groups excluding carboxylic acids is 4. The van der Waals surface area contributed by atoms with Crippen LogP contribution in [0.5, 0.6) is 0 Å². The van der Waals surface area contributed by atoms with Crippen molar-refractivity contribution in [3.05, 3.63) is 71.8 Å². The highest BCUT2D eigenvalue weighted by molar-refractivity contribution is 6.06. The van der Waals surface area contributed by atoms with Crippen molar-refractivity contribution in [3.63, 3.8) is 0 Å². The number of hydrogen-bond acceptors (Lipinski definition) is 6. The zero-order chi connectivity index (χ0) is 19.5. The van der Waals surface area contributed by atoms with E-state index in [4.69, 9.17) is 9.47 Å². The Morgan fingerprint density at radius 1 is 0.630 bits per heavy atom. The van der Waals surface area contributed by atoms with E-state index >= 15 is 0 Å². The van der Waals surface area contributed by atoms with Gasteiger partial charge in [0.05, 0.1) is 0 Å². The first-order chi connectivity index (χ1) is 13.0. The topological polar surface area (TPSA) is 111 Å². The second kappa shape index (κ2) is 10.3. The first kappa shape index (κ1) is 19.6. The molecule has 0 aliphatic heterocycles. The molecular weight excluding hydrogens is 352 g/mol. The Morgan fingerprint density at radius 3 is 1.37 bits per heavy atom. The van der Waals surface area contributed by atoms with Crippen molar-refractivity contribution in [2.75, 3.05) is 0 Å². The van der Waals surface area contributed by atoms with Gasteiger partial charge >= 0.3 is 12.2 Å². The van der Waals surface area contributed by atoms with Gasteiger partial charge in [-0.3, -0.25) is 20.2 Å². The molecule has 0 radical (unpaired) electrons. The van der Waals surface area contributed by atoms with Gasteiger partial charge in [0, 0.05) is 0 Å². The second-order valence-corrected chi connectivity index (χ2v) is 5.40. The summed E-state index contributed by atoms with van der Waals surface area (Å²) in [6, 6.07) is 17.8. The third-order valence-corrected chi connectivity index (χ3v) is 3.23. The largest absolute Gasteiger partial charge is 0.444 e. The Morgan fingerprint density at radius 2 is 1.00 bits per heavy atom. The van der Waals surface area contributed by atoms with Crippen LogP contribution in [0.15, 0.2) is 60.7 Å². The van der Waals surface area contributed by atoms with E-state index in [1.807, 2.05) is 22.8 Å². The lowest BCUT2D eigenvalue weighted by Crippen LogP contribution is -2.37.